The fraction of sp³-hybridized carbons (Fsp3) is 0.440. The number of carbonyl (C=O) groups is 1. The molecular formula is C25H32N8O. The van der Waals surface area contributed by atoms with Crippen molar-refractivity contribution in [1.29, 1.82) is 0 Å². The summed E-state index contributed by atoms with van der Waals surface area (Å²) >= 11 is 0. The zero-order valence-electron chi connectivity index (χ0n) is 19.9. The highest BCUT2D eigenvalue weighted by Gasteiger charge is 2.26. The molecule has 1 aliphatic heterocycles. The van der Waals surface area contributed by atoms with Gasteiger partial charge in [0.1, 0.15) is 17.2 Å². The Hall–Kier alpha value is -3.62. The Kier molecular flexibility index (Phi) is 6.08. The highest BCUT2D eigenvalue weighted by Crippen LogP contribution is 2.35. The van der Waals surface area contributed by atoms with Gasteiger partial charge in [0.05, 0.1) is 11.9 Å². The Morgan fingerprint density at radius 1 is 1.12 bits per heavy atom. The number of hydrogen-bond acceptors (Lipinski definition) is 7. The van der Waals surface area contributed by atoms with Crippen LogP contribution >= 0.6 is 0 Å². The summed E-state index contributed by atoms with van der Waals surface area (Å²) in [6.07, 6.45) is 10.1. The predicted octanol–water partition coefficient (Wildman–Crippen LogP) is 3.65. The Bertz CT molecular complexity index is 1170. The second-order valence-corrected chi connectivity index (χ2v) is 9.24. The van der Waals surface area contributed by atoms with Gasteiger partial charge < -0.3 is 24.6 Å². The van der Waals surface area contributed by atoms with Gasteiger partial charge in [-0.1, -0.05) is 19.4 Å². The molecule has 1 saturated carbocycles. The average Bonchev–Trinajstić information content (AvgIpc) is 3.51. The van der Waals surface area contributed by atoms with Crippen molar-refractivity contribution in [2.75, 3.05) is 50.5 Å². The monoisotopic (exact) mass is 460 g/mol. The molecule has 0 unspecified atom stereocenters. The minimum Gasteiger partial charge on any atom is -0.374 e. The van der Waals surface area contributed by atoms with Crippen LogP contribution in [-0.2, 0) is 0 Å². The lowest BCUT2D eigenvalue weighted by Crippen LogP contribution is -2.44. The van der Waals surface area contributed by atoms with Crippen LogP contribution in [-0.4, -0.2) is 75.5 Å². The van der Waals surface area contributed by atoms with Crippen molar-refractivity contribution < 1.29 is 4.79 Å². The molecule has 9 nitrogen and oxygen atoms in total. The van der Waals surface area contributed by atoms with Crippen LogP contribution in [0.25, 0.3) is 11.0 Å². The van der Waals surface area contributed by atoms with E-state index in [1.807, 2.05) is 24.5 Å². The number of nitrogens with one attached hydrogen (secondary N) is 1. The lowest BCUT2D eigenvalue weighted by atomic mass is 10.2. The van der Waals surface area contributed by atoms with Crippen LogP contribution in [0, 0.1) is 0 Å². The van der Waals surface area contributed by atoms with Gasteiger partial charge in [0.15, 0.2) is 0 Å². The molecule has 2 aliphatic rings. The Labute approximate surface area is 200 Å². The van der Waals surface area contributed by atoms with Crippen LogP contribution < -0.4 is 10.2 Å². The van der Waals surface area contributed by atoms with Crippen LogP contribution in [0.2, 0.25) is 0 Å². The van der Waals surface area contributed by atoms with Crippen LogP contribution in [0.4, 0.5) is 17.5 Å². The van der Waals surface area contributed by atoms with Gasteiger partial charge in [-0.3, -0.25) is 4.79 Å². The van der Waals surface area contributed by atoms with Crippen molar-refractivity contribution in [1.82, 2.24) is 29.3 Å². The summed E-state index contributed by atoms with van der Waals surface area (Å²) in [5, 5.41) is 4.12. The molecule has 5 rings (SSSR count). The number of hydrogen-bond donors (Lipinski definition) is 1. The minimum atomic E-state index is -0.00871. The molecule has 34 heavy (non-hydrogen) atoms. The Morgan fingerprint density at radius 2 is 1.88 bits per heavy atom. The number of amides is 1. The fourth-order valence-corrected chi connectivity index (χ4v) is 4.92. The summed E-state index contributed by atoms with van der Waals surface area (Å²) in [6.45, 7) is 7.69. The first-order chi connectivity index (χ1) is 16.5. The van der Waals surface area contributed by atoms with Gasteiger partial charge in [-0.2, -0.15) is 4.98 Å². The van der Waals surface area contributed by atoms with Crippen molar-refractivity contribution >= 4 is 34.4 Å². The maximum atomic E-state index is 12.9. The third-order valence-corrected chi connectivity index (χ3v) is 6.82. The van der Waals surface area contributed by atoms with Gasteiger partial charge in [0.2, 0.25) is 5.95 Å². The van der Waals surface area contributed by atoms with E-state index < -0.39 is 0 Å². The van der Waals surface area contributed by atoms with Crippen LogP contribution in [0.1, 0.15) is 42.2 Å². The minimum absolute atomic E-state index is 0.00871. The van der Waals surface area contributed by atoms with Gasteiger partial charge in [0.25, 0.3) is 5.91 Å². The third kappa shape index (κ3) is 4.30. The predicted molar refractivity (Wildman–Crippen MR) is 135 cm³/mol. The van der Waals surface area contributed by atoms with Gasteiger partial charge in [-0.05, 0) is 37.2 Å². The number of fused-ring (bicyclic) bond motifs is 1. The van der Waals surface area contributed by atoms with E-state index in [1.54, 1.807) is 25.2 Å². The number of rotatable bonds is 6. The highest BCUT2D eigenvalue weighted by atomic mass is 16.2. The number of carbonyl (C=O) groups excluding carboxylic acids is 1. The van der Waals surface area contributed by atoms with E-state index in [2.05, 4.69) is 42.3 Å². The molecule has 0 aromatic carbocycles. The SMILES string of the molecule is C=CN1CCN(c2ccc(Nc3ncc4cc(C(=O)N(C)C)n(C5CCCC5)c4n3)nc2)CC1. The van der Waals surface area contributed by atoms with Gasteiger partial charge in [0, 0.05) is 57.9 Å². The van der Waals surface area contributed by atoms with E-state index in [0.717, 1.165) is 55.7 Å². The molecule has 1 aliphatic carbocycles. The number of aromatic nitrogens is 4. The molecule has 3 aromatic heterocycles. The number of pyridine rings is 1. The summed E-state index contributed by atoms with van der Waals surface area (Å²) < 4.78 is 2.12. The topological polar surface area (TPSA) is 82.4 Å². The molecule has 0 spiro atoms. The Balaban J connectivity index is 1.38. The number of piperazine rings is 1. The van der Waals surface area contributed by atoms with E-state index >= 15 is 0 Å². The molecule has 0 bridgehead atoms. The van der Waals surface area contributed by atoms with E-state index in [9.17, 15) is 4.79 Å². The molecule has 9 heteroatoms. The molecule has 178 valence electrons. The first-order valence-corrected chi connectivity index (χ1v) is 12.0. The summed E-state index contributed by atoms with van der Waals surface area (Å²) in [5.74, 6) is 1.16. The smallest absolute Gasteiger partial charge is 0.270 e. The van der Waals surface area contributed by atoms with Crippen LogP contribution in [0.3, 0.4) is 0 Å². The molecular weight excluding hydrogens is 428 g/mol. The second kappa shape index (κ2) is 9.32. The molecule has 3 aromatic rings. The summed E-state index contributed by atoms with van der Waals surface area (Å²) in [7, 11) is 3.57. The lowest BCUT2D eigenvalue weighted by Gasteiger charge is -2.35. The standard InChI is InChI=1S/C25H32N8O/c1-4-31-11-13-32(14-12-31)20-9-10-22(26-17-20)28-25-27-16-18-15-21(24(34)30(2)3)33(23(18)29-25)19-7-5-6-8-19/h4,9-10,15-17,19H,1,5-8,11-14H2,2-3H3,(H,26,27,28,29). The van der Waals surface area contributed by atoms with Crippen molar-refractivity contribution in [2.24, 2.45) is 0 Å². The molecule has 1 amide bonds. The molecule has 1 N–H and O–H groups in total. The second-order valence-electron chi connectivity index (χ2n) is 9.24. The van der Waals surface area contributed by atoms with E-state index in [-0.39, 0.29) is 11.9 Å². The maximum absolute atomic E-state index is 12.9. The zero-order valence-corrected chi connectivity index (χ0v) is 19.9. The van der Waals surface area contributed by atoms with E-state index in [0.29, 0.717) is 17.5 Å². The number of anilines is 3. The molecule has 4 heterocycles. The summed E-state index contributed by atoms with van der Waals surface area (Å²) in [5.41, 5.74) is 2.58. The van der Waals surface area contributed by atoms with Crippen molar-refractivity contribution in [3.8, 4) is 0 Å². The highest BCUT2D eigenvalue weighted by molar-refractivity contribution is 5.97. The maximum Gasteiger partial charge on any atom is 0.270 e. The van der Waals surface area contributed by atoms with Gasteiger partial charge in [-0.15, -0.1) is 0 Å². The molecule has 2 fully saturated rings. The number of nitrogens with zero attached hydrogens (tertiary/aromatic N) is 7. The van der Waals surface area contributed by atoms with Crippen molar-refractivity contribution in [2.45, 2.75) is 31.7 Å². The van der Waals surface area contributed by atoms with E-state index in [4.69, 9.17) is 4.98 Å². The fourth-order valence-electron chi connectivity index (χ4n) is 4.92. The van der Waals surface area contributed by atoms with Gasteiger partial charge in [-0.25, -0.2) is 9.97 Å². The lowest BCUT2D eigenvalue weighted by molar-refractivity contribution is 0.0815. The summed E-state index contributed by atoms with van der Waals surface area (Å²) in [4.78, 5) is 33.0. The molecule has 1 saturated heterocycles. The Morgan fingerprint density at radius 3 is 2.53 bits per heavy atom. The molecule has 0 radical (unpaired) electrons. The van der Waals surface area contributed by atoms with Crippen molar-refractivity contribution in [3.63, 3.8) is 0 Å². The van der Waals surface area contributed by atoms with Crippen molar-refractivity contribution in [3.05, 3.63) is 49.1 Å². The summed E-state index contributed by atoms with van der Waals surface area (Å²) in [6, 6.07) is 6.24. The largest absolute Gasteiger partial charge is 0.374 e. The normalized spacial score (nSPS) is 16.8. The quantitative estimate of drug-likeness (QED) is 0.601. The molecule has 0 atom stereocenters. The average molecular weight is 461 g/mol. The van der Waals surface area contributed by atoms with Crippen LogP contribution in [0.5, 0.6) is 0 Å². The van der Waals surface area contributed by atoms with E-state index in [1.165, 1.54) is 12.8 Å². The zero-order chi connectivity index (χ0) is 23.7. The first-order valence-electron chi connectivity index (χ1n) is 12.0. The van der Waals surface area contributed by atoms with Gasteiger partial charge >= 0.3 is 0 Å². The first kappa shape index (κ1) is 22.2. The van der Waals surface area contributed by atoms with Crippen LogP contribution in [0.15, 0.2) is 43.4 Å². The third-order valence-electron chi connectivity index (χ3n) is 6.82.